The normalized spacial score (nSPS) is 16.2. The van der Waals surface area contributed by atoms with Crippen molar-refractivity contribution in [3.63, 3.8) is 0 Å². The van der Waals surface area contributed by atoms with E-state index >= 15 is 0 Å². The number of hydrogen-bond donors (Lipinski definition) is 2. The molecule has 2 aromatic carbocycles. The summed E-state index contributed by atoms with van der Waals surface area (Å²) >= 11 is 1.27. The Bertz CT molecular complexity index is 963. The first kappa shape index (κ1) is 20.3. The number of carbonyl (C=O) groups is 3. The van der Waals surface area contributed by atoms with Gasteiger partial charge in [-0.1, -0.05) is 12.1 Å². The number of non-ortho nitro benzene ring substituents is 1. The highest BCUT2D eigenvalue weighted by atomic mass is 32.2. The molecule has 0 spiro atoms. The van der Waals surface area contributed by atoms with Crippen LogP contribution in [0.1, 0.15) is 13.3 Å². The molecule has 0 saturated carbocycles. The number of fused-ring (bicyclic) bond motifs is 1. The van der Waals surface area contributed by atoms with Gasteiger partial charge in [0, 0.05) is 22.7 Å². The van der Waals surface area contributed by atoms with Gasteiger partial charge < -0.3 is 15.4 Å². The summed E-state index contributed by atoms with van der Waals surface area (Å²) in [5.41, 5.74) is 0.928. The van der Waals surface area contributed by atoms with Crippen LogP contribution in [0, 0.1) is 10.1 Å². The summed E-state index contributed by atoms with van der Waals surface area (Å²) in [7, 11) is 0. The Morgan fingerprint density at radius 2 is 1.93 bits per heavy atom. The third kappa shape index (κ3) is 5.11. The molecule has 0 aromatic heterocycles. The number of anilines is 2. The van der Waals surface area contributed by atoms with Crippen molar-refractivity contribution in [2.24, 2.45) is 0 Å². The lowest BCUT2D eigenvalue weighted by Gasteiger charge is -2.23. The molecule has 10 heteroatoms. The molecule has 0 radical (unpaired) electrons. The standard InChI is InChI=1S/C19H17N3O6S/c1-11(18(24)20-12-6-8-13(9-7-12)22(26)27)28-17(23)10-16-19(25)21-14-4-2-3-5-15(14)29-16/h2-9,11,16H,10H2,1H3,(H,20,24)(H,21,25)/t11-,16-/m0/s1. The van der Waals surface area contributed by atoms with Crippen LogP contribution < -0.4 is 10.6 Å². The summed E-state index contributed by atoms with van der Waals surface area (Å²) in [4.78, 5) is 47.5. The van der Waals surface area contributed by atoms with Gasteiger partial charge in [-0.05, 0) is 31.2 Å². The first-order valence-corrected chi connectivity index (χ1v) is 9.53. The molecular weight excluding hydrogens is 398 g/mol. The number of esters is 1. The predicted octanol–water partition coefficient (Wildman–Crippen LogP) is 2.97. The molecule has 0 unspecified atom stereocenters. The van der Waals surface area contributed by atoms with Crippen LogP contribution in [0.4, 0.5) is 17.1 Å². The smallest absolute Gasteiger partial charge is 0.308 e. The summed E-state index contributed by atoms with van der Waals surface area (Å²) < 4.78 is 5.13. The third-order valence-corrected chi connectivity index (χ3v) is 5.36. The fraction of sp³-hybridized carbons (Fsp3) is 0.211. The van der Waals surface area contributed by atoms with E-state index in [1.165, 1.54) is 43.0 Å². The number of amides is 2. The number of nitro groups is 1. The average Bonchev–Trinajstić information content (AvgIpc) is 2.68. The maximum absolute atomic E-state index is 12.2. The van der Waals surface area contributed by atoms with Crippen molar-refractivity contribution < 1.29 is 24.0 Å². The van der Waals surface area contributed by atoms with Gasteiger partial charge in [0.1, 0.15) is 0 Å². The van der Waals surface area contributed by atoms with Crippen molar-refractivity contribution >= 4 is 46.6 Å². The molecule has 1 aliphatic heterocycles. The van der Waals surface area contributed by atoms with E-state index in [1.54, 1.807) is 12.1 Å². The molecule has 1 heterocycles. The molecule has 0 bridgehead atoms. The molecule has 29 heavy (non-hydrogen) atoms. The number of carbonyl (C=O) groups excluding carboxylic acids is 3. The van der Waals surface area contributed by atoms with E-state index in [0.717, 1.165) is 4.90 Å². The van der Waals surface area contributed by atoms with Crippen LogP contribution in [0.15, 0.2) is 53.4 Å². The van der Waals surface area contributed by atoms with Crippen LogP contribution in [0.2, 0.25) is 0 Å². The van der Waals surface area contributed by atoms with E-state index in [9.17, 15) is 24.5 Å². The Morgan fingerprint density at radius 3 is 2.62 bits per heavy atom. The van der Waals surface area contributed by atoms with Gasteiger partial charge in [0.05, 0.1) is 22.3 Å². The number of rotatable bonds is 6. The molecular formula is C19H17N3O6S. The van der Waals surface area contributed by atoms with Gasteiger partial charge in [0.2, 0.25) is 5.91 Å². The number of ether oxygens (including phenoxy) is 1. The van der Waals surface area contributed by atoms with E-state index in [2.05, 4.69) is 10.6 Å². The fourth-order valence-electron chi connectivity index (χ4n) is 2.59. The van der Waals surface area contributed by atoms with E-state index in [0.29, 0.717) is 11.4 Å². The van der Waals surface area contributed by atoms with Crippen molar-refractivity contribution in [1.82, 2.24) is 0 Å². The molecule has 2 atom stereocenters. The minimum Gasteiger partial charge on any atom is -0.452 e. The van der Waals surface area contributed by atoms with Gasteiger partial charge in [-0.25, -0.2) is 0 Å². The molecule has 1 aliphatic rings. The van der Waals surface area contributed by atoms with E-state index < -0.39 is 28.2 Å². The molecule has 2 amide bonds. The third-order valence-electron chi connectivity index (χ3n) is 4.08. The number of hydrogen-bond acceptors (Lipinski definition) is 7. The zero-order valence-electron chi connectivity index (χ0n) is 15.3. The molecule has 2 N–H and O–H groups in total. The maximum Gasteiger partial charge on any atom is 0.308 e. The van der Waals surface area contributed by atoms with E-state index in [4.69, 9.17) is 4.74 Å². The Kier molecular flexibility index (Phi) is 6.13. The largest absolute Gasteiger partial charge is 0.452 e. The summed E-state index contributed by atoms with van der Waals surface area (Å²) in [6, 6.07) is 12.5. The number of benzene rings is 2. The van der Waals surface area contributed by atoms with Gasteiger partial charge in [0.25, 0.3) is 11.6 Å². The lowest BCUT2D eigenvalue weighted by Crippen LogP contribution is -2.34. The molecule has 0 fully saturated rings. The molecule has 150 valence electrons. The molecule has 3 rings (SSSR count). The Labute approximate surface area is 170 Å². The Balaban J connectivity index is 1.52. The van der Waals surface area contributed by atoms with E-state index in [-0.39, 0.29) is 18.0 Å². The Morgan fingerprint density at radius 1 is 1.24 bits per heavy atom. The highest BCUT2D eigenvalue weighted by Gasteiger charge is 2.30. The molecule has 0 saturated heterocycles. The average molecular weight is 415 g/mol. The van der Waals surface area contributed by atoms with Crippen LogP contribution in [-0.2, 0) is 19.1 Å². The number of nitro benzene ring substituents is 1. The van der Waals surface area contributed by atoms with Gasteiger partial charge in [-0.15, -0.1) is 11.8 Å². The van der Waals surface area contributed by atoms with Crippen molar-refractivity contribution in [2.75, 3.05) is 10.6 Å². The molecule has 2 aromatic rings. The number of nitrogens with one attached hydrogen (secondary N) is 2. The van der Waals surface area contributed by atoms with E-state index in [1.807, 2.05) is 12.1 Å². The van der Waals surface area contributed by atoms with Crippen molar-refractivity contribution in [3.8, 4) is 0 Å². The van der Waals surface area contributed by atoms with Crippen molar-refractivity contribution in [1.29, 1.82) is 0 Å². The van der Waals surface area contributed by atoms with Crippen LogP contribution in [0.5, 0.6) is 0 Å². The van der Waals surface area contributed by atoms with Crippen molar-refractivity contribution in [3.05, 3.63) is 58.6 Å². The maximum atomic E-state index is 12.2. The molecule has 0 aliphatic carbocycles. The zero-order valence-corrected chi connectivity index (χ0v) is 16.1. The second-order valence-corrected chi connectivity index (χ2v) is 7.47. The topological polar surface area (TPSA) is 128 Å². The highest BCUT2D eigenvalue weighted by molar-refractivity contribution is 8.01. The monoisotopic (exact) mass is 415 g/mol. The van der Waals surface area contributed by atoms with Gasteiger partial charge >= 0.3 is 5.97 Å². The van der Waals surface area contributed by atoms with Crippen molar-refractivity contribution in [2.45, 2.75) is 29.6 Å². The number of para-hydroxylation sites is 1. The predicted molar refractivity (Wildman–Crippen MR) is 107 cm³/mol. The van der Waals surface area contributed by atoms with Gasteiger partial charge in [-0.2, -0.15) is 0 Å². The minimum absolute atomic E-state index is 0.104. The first-order valence-electron chi connectivity index (χ1n) is 8.65. The quantitative estimate of drug-likeness (QED) is 0.422. The number of nitrogens with zero attached hydrogens (tertiary/aromatic N) is 1. The SMILES string of the molecule is C[C@H](OC(=O)C[C@@H]1Sc2ccccc2NC1=O)C(=O)Nc1ccc([N+](=O)[O-])cc1. The first-order chi connectivity index (χ1) is 13.8. The van der Waals surface area contributed by atoms with Crippen LogP contribution in [0.3, 0.4) is 0 Å². The highest BCUT2D eigenvalue weighted by Crippen LogP contribution is 2.36. The second-order valence-electron chi connectivity index (χ2n) is 6.22. The van der Waals surface area contributed by atoms with Gasteiger partial charge in [0.15, 0.2) is 6.10 Å². The van der Waals surface area contributed by atoms with Crippen LogP contribution >= 0.6 is 11.8 Å². The van der Waals surface area contributed by atoms with Crippen LogP contribution in [0.25, 0.3) is 0 Å². The lowest BCUT2D eigenvalue weighted by molar-refractivity contribution is -0.384. The summed E-state index contributed by atoms with van der Waals surface area (Å²) in [6.07, 6.45) is -1.28. The summed E-state index contributed by atoms with van der Waals surface area (Å²) in [5.74, 6) is -1.56. The summed E-state index contributed by atoms with van der Waals surface area (Å²) in [6.45, 7) is 1.40. The number of thioether (sulfide) groups is 1. The lowest BCUT2D eigenvalue weighted by atomic mass is 10.2. The second kappa shape index (κ2) is 8.74. The van der Waals surface area contributed by atoms with Gasteiger partial charge in [-0.3, -0.25) is 24.5 Å². The fourth-order valence-corrected chi connectivity index (χ4v) is 3.68. The Hall–Kier alpha value is -3.40. The minimum atomic E-state index is -1.10. The zero-order chi connectivity index (χ0) is 21.0. The van der Waals surface area contributed by atoms with Crippen LogP contribution in [-0.4, -0.2) is 34.1 Å². The summed E-state index contributed by atoms with van der Waals surface area (Å²) in [5, 5.41) is 15.3. The molecule has 9 nitrogen and oxygen atoms in total.